The normalized spacial score (nSPS) is 12.1. The second kappa shape index (κ2) is 61.4. The molecule has 0 aromatic rings. The predicted molar refractivity (Wildman–Crippen MR) is 312 cm³/mol. The van der Waals surface area contributed by atoms with E-state index in [-0.39, 0.29) is 31.1 Å². The van der Waals surface area contributed by atoms with Crippen molar-refractivity contribution in [1.82, 2.24) is 0 Å². The lowest BCUT2D eigenvalue weighted by Crippen LogP contribution is -2.30. The van der Waals surface area contributed by atoms with Crippen molar-refractivity contribution in [3.8, 4) is 0 Å². The van der Waals surface area contributed by atoms with Crippen LogP contribution in [0.4, 0.5) is 0 Å². The van der Waals surface area contributed by atoms with E-state index < -0.39 is 6.10 Å². The molecule has 0 aliphatic heterocycles. The van der Waals surface area contributed by atoms with E-state index in [1.165, 1.54) is 257 Å². The highest BCUT2D eigenvalue weighted by Crippen LogP contribution is 2.18. The van der Waals surface area contributed by atoms with Crippen LogP contribution in [0, 0.1) is 0 Å². The van der Waals surface area contributed by atoms with Crippen molar-refractivity contribution in [2.24, 2.45) is 0 Å². The van der Waals surface area contributed by atoms with Gasteiger partial charge in [-0.15, -0.1) is 0 Å². The maximum absolute atomic E-state index is 12.9. The van der Waals surface area contributed by atoms with Crippen LogP contribution in [-0.2, 0) is 28.6 Å². The van der Waals surface area contributed by atoms with Gasteiger partial charge in [0, 0.05) is 19.3 Å². The van der Waals surface area contributed by atoms with Crippen molar-refractivity contribution >= 4 is 17.9 Å². The summed E-state index contributed by atoms with van der Waals surface area (Å²) in [5.74, 6) is -0.855. The molecule has 0 saturated heterocycles. The van der Waals surface area contributed by atoms with Crippen LogP contribution in [0.2, 0.25) is 0 Å². The number of ether oxygens (including phenoxy) is 3. The highest BCUT2D eigenvalue weighted by Gasteiger charge is 2.19. The third-order valence-corrected chi connectivity index (χ3v) is 14.7. The average molecular weight is 1010 g/mol. The first-order chi connectivity index (χ1) is 35.5. The largest absolute Gasteiger partial charge is 0.462 e. The molecule has 0 spiro atoms. The predicted octanol–water partition coefficient (Wildman–Crippen LogP) is 21.8. The lowest BCUT2D eigenvalue weighted by atomic mass is 10.0. The molecule has 0 aromatic heterocycles. The number of rotatable bonds is 60. The van der Waals surface area contributed by atoms with Gasteiger partial charge < -0.3 is 14.2 Å². The van der Waals surface area contributed by atoms with E-state index >= 15 is 0 Å². The zero-order valence-corrected chi connectivity index (χ0v) is 48.7. The van der Waals surface area contributed by atoms with Crippen LogP contribution in [0.25, 0.3) is 0 Å². The zero-order valence-electron chi connectivity index (χ0n) is 48.7. The van der Waals surface area contributed by atoms with Gasteiger partial charge in [0.05, 0.1) is 0 Å². The number of hydrogen-bond donors (Lipinski definition) is 0. The maximum Gasteiger partial charge on any atom is 0.306 e. The second-order valence-electron chi connectivity index (χ2n) is 22.0. The zero-order chi connectivity index (χ0) is 52.2. The van der Waals surface area contributed by atoms with Crippen molar-refractivity contribution < 1.29 is 28.6 Å². The number of carbonyl (C=O) groups is 3. The minimum absolute atomic E-state index is 0.0678. The van der Waals surface area contributed by atoms with Crippen molar-refractivity contribution in [2.75, 3.05) is 13.2 Å². The molecule has 6 heteroatoms. The molecule has 424 valence electrons. The summed E-state index contributed by atoms with van der Waals surface area (Å²) in [7, 11) is 0. The van der Waals surface area contributed by atoms with Gasteiger partial charge in [-0.1, -0.05) is 315 Å². The van der Waals surface area contributed by atoms with Crippen LogP contribution in [-0.4, -0.2) is 37.2 Å². The lowest BCUT2D eigenvalue weighted by Gasteiger charge is -2.18. The van der Waals surface area contributed by atoms with Gasteiger partial charge in [0.15, 0.2) is 6.10 Å². The highest BCUT2D eigenvalue weighted by atomic mass is 16.6. The first-order valence-corrected chi connectivity index (χ1v) is 32.3. The van der Waals surface area contributed by atoms with Gasteiger partial charge in [0.2, 0.25) is 0 Å². The van der Waals surface area contributed by atoms with Crippen molar-refractivity contribution in [2.45, 2.75) is 367 Å². The highest BCUT2D eigenvalue weighted by molar-refractivity contribution is 5.71. The van der Waals surface area contributed by atoms with Gasteiger partial charge in [0.25, 0.3) is 0 Å². The van der Waals surface area contributed by atoms with E-state index in [2.05, 4.69) is 45.1 Å². The van der Waals surface area contributed by atoms with Crippen LogP contribution in [0.15, 0.2) is 24.3 Å². The third-order valence-electron chi connectivity index (χ3n) is 14.7. The molecule has 0 heterocycles. The lowest BCUT2D eigenvalue weighted by molar-refractivity contribution is -0.167. The van der Waals surface area contributed by atoms with Crippen molar-refractivity contribution in [1.29, 1.82) is 0 Å². The van der Waals surface area contributed by atoms with E-state index in [1.54, 1.807) is 0 Å². The molecule has 0 radical (unpaired) electrons. The van der Waals surface area contributed by atoms with Crippen LogP contribution in [0.1, 0.15) is 361 Å². The molecule has 0 N–H and O–H groups in total. The molecule has 1 unspecified atom stereocenters. The van der Waals surface area contributed by atoms with Crippen molar-refractivity contribution in [3.63, 3.8) is 0 Å². The minimum Gasteiger partial charge on any atom is -0.462 e. The maximum atomic E-state index is 12.9. The Balaban J connectivity index is 4.07. The van der Waals surface area contributed by atoms with E-state index in [1.807, 2.05) is 0 Å². The van der Waals surface area contributed by atoms with Gasteiger partial charge >= 0.3 is 17.9 Å². The monoisotopic (exact) mass is 1010 g/mol. The molecule has 0 bridgehead atoms. The molecule has 6 nitrogen and oxygen atoms in total. The fourth-order valence-electron chi connectivity index (χ4n) is 9.83. The Labute approximate surface area is 449 Å². The van der Waals surface area contributed by atoms with E-state index in [9.17, 15) is 14.4 Å². The molecule has 0 aromatic carbocycles. The number of carbonyl (C=O) groups excluding carboxylic acids is 3. The Morgan fingerprint density at radius 2 is 0.500 bits per heavy atom. The van der Waals surface area contributed by atoms with E-state index in [0.717, 1.165) is 64.2 Å². The summed E-state index contributed by atoms with van der Waals surface area (Å²) in [4.78, 5) is 38.1. The topological polar surface area (TPSA) is 78.9 Å². The fraction of sp³-hybridized carbons (Fsp3) is 0.894. The summed E-state index contributed by atoms with van der Waals surface area (Å²) in [5.41, 5.74) is 0. The first kappa shape index (κ1) is 69.9. The molecule has 0 rings (SSSR count). The summed E-state index contributed by atoms with van der Waals surface area (Å²) in [6.45, 7) is 6.65. The summed E-state index contributed by atoms with van der Waals surface area (Å²) in [5, 5.41) is 0. The molecule has 0 aliphatic carbocycles. The van der Waals surface area contributed by atoms with Gasteiger partial charge in [-0.25, -0.2) is 0 Å². The molecule has 72 heavy (non-hydrogen) atoms. The molecule has 0 fully saturated rings. The van der Waals surface area contributed by atoms with Crippen molar-refractivity contribution in [3.05, 3.63) is 24.3 Å². The number of hydrogen-bond acceptors (Lipinski definition) is 6. The molecule has 0 amide bonds. The minimum atomic E-state index is -0.768. The van der Waals surface area contributed by atoms with Crippen LogP contribution in [0.3, 0.4) is 0 Å². The molecule has 1 atom stereocenters. The Morgan fingerprint density at radius 1 is 0.278 bits per heavy atom. The van der Waals surface area contributed by atoms with Crippen LogP contribution >= 0.6 is 0 Å². The standard InChI is InChI=1S/C66H124O6/c1-4-7-10-13-16-18-20-22-24-26-28-30-31-32-33-34-36-37-39-41-43-45-47-50-53-56-59-65(68)71-62-63(61-70-64(67)58-55-52-49-15-12-9-6-3)72-66(69)60-57-54-51-48-46-44-42-40-38-35-29-27-25-23-21-19-17-14-11-8-5-2/h21,23,27,29,63H,4-20,22,24-26,28,30-62H2,1-3H3/b23-21-,29-27-. The Kier molecular flexibility index (Phi) is 59.6. The van der Waals surface area contributed by atoms with E-state index in [4.69, 9.17) is 14.2 Å². The molecular formula is C66H124O6. The fourth-order valence-corrected chi connectivity index (χ4v) is 9.83. The summed E-state index contributed by atoms with van der Waals surface area (Å²) in [6, 6.07) is 0. The SMILES string of the molecule is CCCCCCC/C=C\C/C=C\CCCCCCCCCCCC(=O)OC(COC(=O)CCCCCCCCC)COC(=O)CCCCCCCCCCCCCCCCCCCCCCCCCCCC. The Hall–Kier alpha value is -2.11. The average Bonchev–Trinajstić information content (AvgIpc) is 3.38. The molecular weight excluding hydrogens is 889 g/mol. The number of esters is 3. The number of unbranched alkanes of at least 4 members (excludes halogenated alkanes) is 45. The summed E-state index contributed by atoms with van der Waals surface area (Å²) >= 11 is 0. The summed E-state index contributed by atoms with van der Waals surface area (Å²) in [6.07, 6.45) is 73.6. The van der Waals surface area contributed by atoms with Crippen LogP contribution < -0.4 is 0 Å². The molecule has 0 saturated carbocycles. The van der Waals surface area contributed by atoms with Crippen LogP contribution in [0.5, 0.6) is 0 Å². The molecule has 0 aliphatic rings. The quantitative estimate of drug-likeness (QED) is 0.0261. The van der Waals surface area contributed by atoms with E-state index in [0.29, 0.717) is 19.3 Å². The Bertz CT molecular complexity index is 1160. The second-order valence-corrected chi connectivity index (χ2v) is 22.0. The smallest absolute Gasteiger partial charge is 0.306 e. The van der Waals surface area contributed by atoms with Gasteiger partial charge in [-0.2, -0.15) is 0 Å². The van der Waals surface area contributed by atoms with Gasteiger partial charge in [0.1, 0.15) is 13.2 Å². The number of allylic oxidation sites excluding steroid dienone is 4. The first-order valence-electron chi connectivity index (χ1n) is 32.3. The van der Waals surface area contributed by atoms with Gasteiger partial charge in [-0.3, -0.25) is 14.4 Å². The Morgan fingerprint density at radius 3 is 0.764 bits per heavy atom. The third kappa shape index (κ3) is 58.8. The van der Waals surface area contributed by atoms with Gasteiger partial charge in [-0.05, 0) is 51.4 Å². The summed E-state index contributed by atoms with van der Waals surface area (Å²) < 4.78 is 16.8.